The summed E-state index contributed by atoms with van der Waals surface area (Å²) < 4.78 is 16.2. The van der Waals surface area contributed by atoms with Crippen LogP contribution < -0.4 is 0 Å². The Balaban J connectivity index is 2.52. The van der Waals surface area contributed by atoms with Crippen molar-refractivity contribution < 1.29 is 33.4 Å². The van der Waals surface area contributed by atoms with Gasteiger partial charge in [-0.2, -0.15) is 0 Å². The summed E-state index contributed by atoms with van der Waals surface area (Å²) in [4.78, 5) is 52.1. The summed E-state index contributed by atoms with van der Waals surface area (Å²) in [7, 11) is 1.88. The molecule has 2 rings (SSSR count). The highest BCUT2D eigenvalue weighted by atomic mass is 16.6. The minimum absolute atomic E-state index is 0.253. The molecule has 0 saturated heterocycles. The van der Waals surface area contributed by atoms with Gasteiger partial charge in [0.05, 0.1) is 0 Å². The van der Waals surface area contributed by atoms with Crippen LogP contribution in [0, 0.1) is 5.92 Å². The van der Waals surface area contributed by atoms with Gasteiger partial charge < -0.3 is 19.1 Å². The number of likely N-dealkylation sites (N-methyl/N-ethyl adjacent to an activating group) is 1. The summed E-state index contributed by atoms with van der Waals surface area (Å²) in [5, 5.41) is 0. The molecule has 2 aliphatic heterocycles. The largest absolute Gasteiger partial charge is 0.458 e. The van der Waals surface area contributed by atoms with Crippen LogP contribution in [0.3, 0.4) is 0 Å². The zero-order chi connectivity index (χ0) is 21.8. The second-order valence-corrected chi connectivity index (χ2v) is 7.65. The smallest absolute Gasteiger partial charge is 0.351 e. The second kappa shape index (κ2) is 9.35. The highest BCUT2D eigenvalue weighted by molar-refractivity contribution is 6.01. The minimum Gasteiger partial charge on any atom is -0.458 e. The Kier molecular flexibility index (Phi) is 7.35. The zero-order valence-corrected chi connectivity index (χ0v) is 17.6. The predicted molar refractivity (Wildman–Crippen MR) is 104 cm³/mol. The van der Waals surface area contributed by atoms with Gasteiger partial charge in [0.1, 0.15) is 6.61 Å². The Bertz CT molecular complexity index is 754. The van der Waals surface area contributed by atoms with Crippen LogP contribution in [0.1, 0.15) is 40.5 Å². The Morgan fingerprint density at radius 1 is 1.34 bits per heavy atom. The summed E-state index contributed by atoms with van der Waals surface area (Å²) in [5.41, 5.74) is -1.09. The third kappa shape index (κ3) is 5.32. The maximum absolute atomic E-state index is 12.9. The molecule has 0 aromatic heterocycles. The van der Waals surface area contributed by atoms with Crippen LogP contribution in [0.5, 0.6) is 0 Å². The first-order valence-electron chi connectivity index (χ1n) is 9.78. The number of hydrogen-bond donors (Lipinski definition) is 0. The molecular formula is C21H29NO7. The van der Waals surface area contributed by atoms with Gasteiger partial charge in [-0.05, 0) is 20.4 Å². The average Bonchev–Trinajstić information content (AvgIpc) is 2.65. The van der Waals surface area contributed by atoms with Gasteiger partial charge in [0, 0.05) is 43.5 Å². The molecule has 2 heterocycles. The number of cyclic esters (lactones) is 1. The molecule has 29 heavy (non-hydrogen) atoms. The first kappa shape index (κ1) is 22.8. The van der Waals surface area contributed by atoms with Crippen molar-refractivity contribution >= 4 is 23.7 Å². The molecule has 8 heteroatoms. The summed E-state index contributed by atoms with van der Waals surface area (Å²) in [6.07, 6.45) is 2.96. The quantitative estimate of drug-likeness (QED) is 0.503. The van der Waals surface area contributed by atoms with Gasteiger partial charge in [-0.15, -0.1) is 0 Å². The lowest BCUT2D eigenvalue weighted by Gasteiger charge is -2.32. The van der Waals surface area contributed by atoms with E-state index in [-0.39, 0.29) is 18.0 Å². The van der Waals surface area contributed by atoms with E-state index in [9.17, 15) is 19.2 Å². The fourth-order valence-electron chi connectivity index (χ4n) is 3.28. The standard InChI is InChI=1S/C21H29NO7/c1-6-15-11-13(2)21(4,29-14(3)23)20(26)27-12-16-7-9-22(5)10-8-17(18(16)24)28-19(15)25/h7,11,13,17H,6,8-10,12H2,1-5H3/b15-11-,16-7-/t13-,17-,21+/m1/s1. The van der Waals surface area contributed by atoms with E-state index in [1.807, 2.05) is 11.9 Å². The molecule has 0 unspecified atom stereocenters. The molecule has 0 fully saturated rings. The molecule has 2 bridgehead atoms. The van der Waals surface area contributed by atoms with E-state index >= 15 is 0 Å². The van der Waals surface area contributed by atoms with E-state index in [1.54, 1.807) is 26.0 Å². The van der Waals surface area contributed by atoms with Crippen LogP contribution in [0.4, 0.5) is 0 Å². The fraction of sp³-hybridized carbons (Fsp3) is 0.619. The molecular weight excluding hydrogens is 378 g/mol. The van der Waals surface area contributed by atoms with Gasteiger partial charge >= 0.3 is 17.9 Å². The maximum Gasteiger partial charge on any atom is 0.351 e. The summed E-state index contributed by atoms with van der Waals surface area (Å²) >= 11 is 0. The van der Waals surface area contributed by atoms with Crippen LogP contribution in [0.2, 0.25) is 0 Å². The number of rotatable bonds is 2. The van der Waals surface area contributed by atoms with E-state index in [2.05, 4.69) is 0 Å². The Labute approximate surface area is 170 Å². The van der Waals surface area contributed by atoms with Crippen molar-refractivity contribution in [1.82, 2.24) is 4.90 Å². The molecule has 0 aliphatic carbocycles. The maximum atomic E-state index is 12.9. The number of carbonyl (C=O) groups is 4. The fourth-order valence-corrected chi connectivity index (χ4v) is 3.28. The molecule has 0 N–H and O–H groups in total. The summed E-state index contributed by atoms with van der Waals surface area (Å²) in [6.45, 7) is 6.86. The monoisotopic (exact) mass is 407 g/mol. The summed E-state index contributed by atoms with van der Waals surface area (Å²) in [6, 6.07) is 0. The van der Waals surface area contributed by atoms with Crippen molar-refractivity contribution in [3.8, 4) is 0 Å². The third-order valence-electron chi connectivity index (χ3n) is 5.36. The minimum atomic E-state index is -1.65. The normalized spacial score (nSPS) is 33.3. The van der Waals surface area contributed by atoms with Gasteiger partial charge in [-0.1, -0.05) is 26.0 Å². The molecule has 0 radical (unpaired) electrons. The zero-order valence-electron chi connectivity index (χ0n) is 17.6. The Morgan fingerprint density at radius 3 is 2.66 bits per heavy atom. The SMILES string of the molecule is CC/C1=C/[C@@H](C)[C@](C)(OC(C)=O)C(=O)OC/C2=C/CN(C)CC[C@@H](OC1=O)C2=O. The van der Waals surface area contributed by atoms with Crippen LogP contribution in [-0.2, 0) is 33.4 Å². The van der Waals surface area contributed by atoms with Crippen LogP contribution in [0.25, 0.3) is 0 Å². The molecule has 2 aliphatic rings. The number of nitrogens with zero attached hydrogens (tertiary/aromatic N) is 1. The Hall–Kier alpha value is -2.48. The molecule has 0 spiro atoms. The van der Waals surface area contributed by atoms with Gasteiger partial charge in [-0.25, -0.2) is 9.59 Å². The lowest BCUT2D eigenvalue weighted by Crippen LogP contribution is -2.47. The highest BCUT2D eigenvalue weighted by Gasteiger charge is 2.44. The molecule has 0 saturated carbocycles. The predicted octanol–water partition coefficient (Wildman–Crippen LogP) is 1.58. The highest BCUT2D eigenvalue weighted by Crippen LogP contribution is 2.28. The van der Waals surface area contributed by atoms with Crippen molar-refractivity contribution in [2.24, 2.45) is 5.92 Å². The second-order valence-electron chi connectivity index (χ2n) is 7.65. The van der Waals surface area contributed by atoms with E-state index in [1.165, 1.54) is 13.8 Å². The van der Waals surface area contributed by atoms with Gasteiger partial charge in [-0.3, -0.25) is 9.59 Å². The van der Waals surface area contributed by atoms with Crippen molar-refractivity contribution in [3.05, 3.63) is 23.3 Å². The lowest BCUT2D eigenvalue weighted by atomic mass is 9.88. The summed E-state index contributed by atoms with van der Waals surface area (Å²) in [5.74, 6) is -3.07. The van der Waals surface area contributed by atoms with E-state index in [0.29, 0.717) is 31.5 Å². The third-order valence-corrected chi connectivity index (χ3v) is 5.36. The molecule has 8 nitrogen and oxygen atoms in total. The van der Waals surface area contributed by atoms with Crippen molar-refractivity contribution in [2.75, 3.05) is 26.7 Å². The van der Waals surface area contributed by atoms with Crippen LogP contribution >= 0.6 is 0 Å². The van der Waals surface area contributed by atoms with Gasteiger partial charge in [0.25, 0.3) is 0 Å². The topological polar surface area (TPSA) is 99.2 Å². The van der Waals surface area contributed by atoms with Gasteiger partial charge in [0.2, 0.25) is 11.4 Å². The van der Waals surface area contributed by atoms with Crippen molar-refractivity contribution in [1.29, 1.82) is 0 Å². The lowest BCUT2D eigenvalue weighted by molar-refractivity contribution is -0.183. The van der Waals surface area contributed by atoms with Gasteiger partial charge in [0.15, 0.2) is 6.10 Å². The number of fused-ring (bicyclic) bond motifs is 2. The number of esters is 3. The first-order valence-corrected chi connectivity index (χ1v) is 9.78. The number of ketones is 1. The van der Waals surface area contributed by atoms with Crippen LogP contribution in [0.15, 0.2) is 23.3 Å². The Morgan fingerprint density at radius 2 is 2.03 bits per heavy atom. The molecule has 0 aromatic carbocycles. The molecule has 3 atom stereocenters. The van der Waals surface area contributed by atoms with E-state index in [0.717, 1.165) is 0 Å². The number of Topliss-reactive ketones (excluding diaryl/α,β-unsaturated/α-hetero) is 1. The van der Waals surface area contributed by atoms with E-state index in [4.69, 9.17) is 14.2 Å². The number of carbonyl (C=O) groups excluding carboxylic acids is 4. The molecule has 160 valence electrons. The van der Waals surface area contributed by atoms with Crippen LogP contribution in [-0.4, -0.2) is 67.0 Å². The van der Waals surface area contributed by atoms with Crippen molar-refractivity contribution in [3.63, 3.8) is 0 Å². The average molecular weight is 407 g/mol. The number of ether oxygens (including phenoxy) is 3. The molecule has 0 amide bonds. The first-order chi connectivity index (χ1) is 13.6. The number of hydrogen-bond acceptors (Lipinski definition) is 8. The molecule has 0 aromatic rings. The van der Waals surface area contributed by atoms with Crippen molar-refractivity contribution in [2.45, 2.75) is 52.2 Å². The van der Waals surface area contributed by atoms with E-state index < -0.39 is 35.5 Å².